The van der Waals surface area contributed by atoms with Gasteiger partial charge in [0.1, 0.15) is 5.15 Å². The number of hydrogen-bond donors (Lipinski definition) is 1. The Bertz CT molecular complexity index is 422. The van der Waals surface area contributed by atoms with Gasteiger partial charge in [0.15, 0.2) is 0 Å². The molecule has 1 aromatic heterocycles. The third kappa shape index (κ3) is 4.00. The van der Waals surface area contributed by atoms with Crippen LogP contribution >= 0.6 is 11.6 Å². The van der Waals surface area contributed by atoms with Gasteiger partial charge in [-0.1, -0.05) is 25.4 Å². The molecule has 0 aliphatic heterocycles. The first-order valence-electron chi connectivity index (χ1n) is 5.68. The monoisotopic (exact) mass is 254 g/mol. The van der Waals surface area contributed by atoms with Gasteiger partial charge < -0.3 is 5.32 Å². The molecule has 0 radical (unpaired) electrons. The number of hydrogen-bond acceptors (Lipinski definition) is 2. The second kappa shape index (κ2) is 5.05. The molecule has 17 heavy (non-hydrogen) atoms. The molecule has 0 fully saturated rings. The molecule has 0 spiro atoms. The molecule has 0 aromatic carbocycles. The number of carbonyl (C=O) groups excluding carboxylic acids is 1. The molecule has 0 saturated carbocycles. The molecule has 0 saturated heterocycles. The molecule has 1 rings (SSSR count). The summed E-state index contributed by atoms with van der Waals surface area (Å²) >= 11 is 5.86. The Hall–Kier alpha value is -1.09. The molecule has 0 unspecified atom stereocenters. The number of pyridine rings is 1. The fourth-order valence-corrected chi connectivity index (χ4v) is 1.69. The maximum atomic E-state index is 12.1. The molecule has 0 aliphatic carbocycles. The number of halogens is 1. The quantitative estimate of drug-likeness (QED) is 0.822. The van der Waals surface area contributed by atoms with E-state index in [4.69, 9.17) is 11.6 Å². The Balaban J connectivity index is 3.09. The van der Waals surface area contributed by atoms with E-state index in [1.54, 1.807) is 12.3 Å². The standard InChI is InChI=1S/C13H19ClN2O/c1-8(2)9-6-11(14)15-7-10(9)12(17)16-13(3,4)5/h6-8H,1-5H3,(H,16,17). The largest absolute Gasteiger partial charge is 0.347 e. The summed E-state index contributed by atoms with van der Waals surface area (Å²) < 4.78 is 0. The minimum absolute atomic E-state index is 0.106. The SMILES string of the molecule is CC(C)c1cc(Cl)ncc1C(=O)NC(C)(C)C. The first-order chi connectivity index (χ1) is 7.70. The van der Waals surface area contributed by atoms with Gasteiger partial charge in [-0.05, 0) is 38.3 Å². The molecular formula is C13H19ClN2O. The van der Waals surface area contributed by atoms with E-state index in [2.05, 4.69) is 10.3 Å². The molecule has 1 aromatic rings. The smallest absolute Gasteiger partial charge is 0.253 e. The van der Waals surface area contributed by atoms with Crippen LogP contribution in [0.1, 0.15) is 56.5 Å². The lowest BCUT2D eigenvalue weighted by atomic mass is 9.98. The van der Waals surface area contributed by atoms with Gasteiger partial charge in [0.05, 0.1) is 5.56 Å². The maximum Gasteiger partial charge on any atom is 0.253 e. The maximum absolute atomic E-state index is 12.1. The molecule has 94 valence electrons. The van der Waals surface area contributed by atoms with Gasteiger partial charge in [-0.25, -0.2) is 4.98 Å². The van der Waals surface area contributed by atoms with Crippen molar-refractivity contribution in [3.8, 4) is 0 Å². The van der Waals surface area contributed by atoms with Crippen molar-refractivity contribution in [3.63, 3.8) is 0 Å². The fraction of sp³-hybridized carbons (Fsp3) is 0.538. The molecule has 0 bridgehead atoms. The minimum Gasteiger partial charge on any atom is -0.347 e. The van der Waals surface area contributed by atoms with Crippen molar-refractivity contribution >= 4 is 17.5 Å². The zero-order chi connectivity index (χ0) is 13.2. The highest BCUT2D eigenvalue weighted by atomic mass is 35.5. The molecule has 1 heterocycles. The van der Waals surface area contributed by atoms with Crippen molar-refractivity contribution < 1.29 is 4.79 Å². The topological polar surface area (TPSA) is 42.0 Å². The Morgan fingerprint density at radius 2 is 2.00 bits per heavy atom. The third-order valence-electron chi connectivity index (χ3n) is 2.26. The van der Waals surface area contributed by atoms with E-state index in [0.717, 1.165) is 5.56 Å². The predicted octanol–water partition coefficient (Wildman–Crippen LogP) is 3.39. The van der Waals surface area contributed by atoms with Crippen molar-refractivity contribution in [2.45, 2.75) is 46.1 Å². The Labute approximate surface area is 108 Å². The van der Waals surface area contributed by atoms with E-state index >= 15 is 0 Å². The Morgan fingerprint density at radius 3 is 2.47 bits per heavy atom. The summed E-state index contributed by atoms with van der Waals surface area (Å²) in [5, 5.41) is 3.35. The fourth-order valence-electron chi connectivity index (χ4n) is 1.52. The van der Waals surface area contributed by atoms with Crippen LogP contribution in [0.2, 0.25) is 5.15 Å². The van der Waals surface area contributed by atoms with E-state index in [9.17, 15) is 4.79 Å². The molecule has 1 amide bonds. The third-order valence-corrected chi connectivity index (χ3v) is 2.46. The highest BCUT2D eigenvalue weighted by Gasteiger charge is 2.19. The number of nitrogens with one attached hydrogen (secondary N) is 1. The number of aromatic nitrogens is 1. The second-order valence-electron chi connectivity index (χ2n) is 5.45. The van der Waals surface area contributed by atoms with E-state index < -0.39 is 0 Å². The van der Waals surface area contributed by atoms with E-state index in [1.165, 1.54) is 0 Å². The first kappa shape index (κ1) is 14.0. The van der Waals surface area contributed by atoms with Gasteiger partial charge in [-0.15, -0.1) is 0 Å². The summed E-state index contributed by atoms with van der Waals surface area (Å²) in [6.45, 7) is 9.90. The zero-order valence-electron chi connectivity index (χ0n) is 11.0. The summed E-state index contributed by atoms with van der Waals surface area (Å²) in [4.78, 5) is 16.1. The first-order valence-corrected chi connectivity index (χ1v) is 6.06. The lowest BCUT2D eigenvalue weighted by molar-refractivity contribution is 0.0918. The van der Waals surface area contributed by atoms with Gasteiger partial charge in [-0.2, -0.15) is 0 Å². The normalized spacial score (nSPS) is 11.7. The molecule has 3 nitrogen and oxygen atoms in total. The van der Waals surface area contributed by atoms with Gasteiger partial charge >= 0.3 is 0 Å². The van der Waals surface area contributed by atoms with Crippen molar-refractivity contribution in [1.29, 1.82) is 0 Å². The summed E-state index contributed by atoms with van der Waals surface area (Å²) in [7, 11) is 0. The molecular weight excluding hydrogens is 236 g/mol. The van der Waals surface area contributed by atoms with Crippen LogP contribution in [0.25, 0.3) is 0 Å². The van der Waals surface area contributed by atoms with Crippen LogP contribution in [0.5, 0.6) is 0 Å². The van der Waals surface area contributed by atoms with Gasteiger partial charge in [0.2, 0.25) is 0 Å². The highest BCUT2D eigenvalue weighted by molar-refractivity contribution is 6.29. The molecule has 4 heteroatoms. The average Bonchev–Trinajstić information content (AvgIpc) is 2.14. The van der Waals surface area contributed by atoms with Gasteiger partial charge in [0, 0.05) is 11.7 Å². The number of amides is 1. The number of carbonyl (C=O) groups is 1. The Kier molecular flexibility index (Phi) is 4.15. The predicted molar refractivity (Wildman–Crippen MR) is 70.6 cm³/mol. The highest BCUT2D eigenvalue weighted by Crippen LogP contribution is 2.22. The Morgan fingerprint density at radius 1 is 1.41 bits per heavy atom. The van der Waals surface area contributed by atoms with Crippen LogP contribution in [0.4, 0.5) is 0 Å². The van der Waals surface area contributed by atoms with E-state index in [0.29, 0.717) is 10.7 Å². The van der Waals surface area contributed by atoms with Crippen LogP contribution in [0.15, 0.2) is 12.3 Å². The zero-order valence-corrected chi connectivity index (χ0v) is 11.7. The second-order valence-corrected chi connectivity index (χ2v) is 5.84. The van der Waals surface area contributed by atoms with E-state index in [1.807, 2.05) is 34.6 Å². The molecule has 0 aliphatic rings. The van der Waals surface area contributed by atoms with Gasteiger partial charge in [-0.3, -0.25) is 4.79 Å². The summed E-state index contributed by atoms with van der Waals surface area (Å²) in [6.07, 6.45) is 1.54. The van der Waals surface area contributed by atoms with Crippen molar-refractivity contribution in [2.24, 2.45) is 0 Å². The number of nitrogens with zero attached hydrogens (tertiary/aromatic N) is 1. The minimum atomic E-state index is -0.259. The summed E-state index contributed by atoms with van der Waals surface area (Å²) in [5.41, 5.74) is 1.26. The molecule has 0 atom stereocenters. The van der Waals surface area contributed by atoms with Crippen LogP contribution in [0.3, 0.4) is 0 Å². The lowest BCUT2D eigenvalue weighted by Crippen LogP contribution is -2.41. The summed E-state index contributed by atoms with van der Waals surface area (Å²) in [5.74, 6) is 0.126. The van der Waals surface area contributed by atoms with Crippen LogP contribution in [0, 0.1) is 0 Å². The van der Waals surface area contributed by atoms with Gasteiger partial charge in [0.25, 0.3) is 5.91 Å². The van der Waals surface area contributed by atoms with Crippen molar-refractivity contribution in [3.05, 3.63) is 28.5 Å². The molecule has 1 N–H and O–H groups in total. The van der Waals surface area contributed by atoms with E-state index in [-0.39, 0.29) is 17.4 Å². The summed E-state index contributed by atoms with van der Waals surface area (Å²) in [6, 6.07) is 1.75. The van der Waals surface area contributed by atoms with Crippen molar-refractivity contribution in [2.75, 3.05) is 0 Å². The van der Waals surface area contributed by atoms with Crippen LogP contribution in [-0.2, 0) is 0 Å². The van der Waals surface area contributed by atoms with Crippen molar-refractivity contribution in [1.82, 2.24) is 10.3 Å². The van der Waals surface area contributed by atoms with Crippen LogP contribution in [-0.4, -0.2) is 16.4 Å². The van der Waals surface area contributed by atoms with Crippen LogP contribution < -0.4 is 5.32 Å². The average molecular weight is 255 g/mol. The number of rotatable bonds is 2. The lowest BCUT2D eigenvalue weighted by Gasteiger charge is -2.22.